The van der Waals surface area contributed by atoms with Gasteiger partial charge in [-0.25, -0.2) is 0 Å². The third-order valence-electron chi connectivity index (χ3n) is 3.28. The zero-order valence-electron chi connectivity index (χ0n) is 9.83. The smallest absolute Gasteiger partial charge is 0.0366 e. The second kappa shape index (κ2) is 4.31. The molecule has 1 heterocycles. The molecule has 0 bridgehead atoms. The van der Waals surface area contributed by atoms with Gasteiger partial charge in [-0.3, -0.25) is 4.98 Å². The number of nitrogens with one attached hydrogen (secondary N) is 1. The molecule has 82 valence electrons. The number of pyridine rings is 1. The summed E-state index contributed by atoms with van der Waals surface area (Å²) in [6, 6.07) is 2.77. The van der Waals surface area contributed by atoms with Gasteiger partial charge in [0.1, 0.15) is 0 Å². The average molecular weight is 204 g/mol. The fourth-order valence-corrected chi connectivity index (χ4v) is 2.30. The van der Waals surface area contributed by atoms with Crippen LogP contribution in [0.4, 0.5) is 0 Å². The van der Waals surface area contributed by atoms with Gasteiger partial charge in [0.2, 0.25) is 0 Å². The lowest BCUT2D eigenvalue weighted by Crippen LogP contribution is -2.23. The zero-order valence-corrected chi connectivity index (χ0v) is 9.83. The number of rotatable bonds is 4. The number of aromatic nitrogens is 1. The molecule has 2 rings (SSSR count). The highest BCUT2D eigenvalue weighted by molar-refractivity contribution is 5.22. The molecule has 0 saturated heterocycles. The molecular formula is C13H20N2. The summed E-state index contributed by atoms with van der Waals surface area (Å²) in [5.41, 5.74) is 2.61. The first-order chi connectivity index (χ1) is 7.22. The monoisotopic (exact) mass is 204 g/mol. The van der Waals surface area contributed by atoms with Gasteiger partial charge in [-0.05, 0) is 42.9 Å². The van der Waals surface area contributed by atoms with Gasteiger partial charge in [-0.15, -0.1) is 0 Å². The molecule has 1 aliphatic rings. The molecule has 0 spiro atoms. The Morgan fingerprint density at radius 2 is 2.27 bits per heavy atom. The summed E-state index contributed by atoms with van der Waals surface area (Å²) in [7, 11) is 0. The van der Waals surface area contributed by atoms with Crippen molar-refractivity contribution < 1.29 is 0 Å². The number of nitrogens with zero attached hydrogens (tertiary/aromatic N) is 1. The van der Waals surface area contributed by atoms with Gasteiger partial charge in [0.25, 0.3) is 0 Å². The van der Waals surface area contributed by atoms with E-state index in [2.05, 4.69) is 37.1 Å². The average Bonchev–Trinajstić information content (AvgIpc) is 2.92. The topological polar surface area (TPSA) is 24.9 Å². The van der Waals surface area contributed by atoms with Crippen LogP contribution in [0.3, 0.4) is 0 Å². The molecule has 3 unspecified atom stereocenters. The van der Waals surface area contributed by atoms with Crippen LogP contribution in [0.25, 0.3) is 0 Å². The van der Waals surface area contributed by atoms with Crippen LogP contribution in [-0.2, 0) is 0 Å². The molecule has 1 aromatic heterocycles. The van der Waals surface area contributed by atoms with Crippen molar-refractivity contribution in [3.05, 3.63) is 29.6 Å². The van der Waals surface area contributed by atoms with Gasteiger partial charge in [0.05, 0.1) is 0 Å². The van der Waals surface area contributed by atoms with Crippen molar-refractivity contribution in [3.63, 3.8) is 0 Å². The Balaban J connectivity index is 2.17. The molecule has 1 aromatic rings. The maximum Gasteiger partial charge on any atom is 0.0366 e. The molecule has 0 aliphatic heterocycles. The fraction of sp³-hybridized carbons (Fsp3) is 0.615. The Hall–Kier alpha value is -0.890. The van der Waals surface area contributed by atoms with Crippen molar-refractivity contribution in [1.29, 1.82) is 0 Å². The molecule has 1 fully saturated rings. The van der Waals surface area contributed by atoms with E-state index in [4.69, 9.17) is 0 Å². The molecule has 1 saturated carbocycles. The van der Waals surface area contributed by atoms with Crippen molar-refractivity contribution in [2.75, 3.05) is 6.54 Å². The number of aryl methyl sites for hydroxylation is 1. The summed E-state index contributed by atoms with van der Waals surface area (Å²) >= 11 is 0. The van der Waals surface area contributed by atoms with Gasteiger partial charge in [0.15, 0.2) is 0 Å². The summed E-state index contributed by atoms with van der Waals surface area (Å²) in [5.74, 6) is 1.68. The van der Waals surface area contributed by atoms with E-state index in [1.165, 1.54) is 17.5 Å². The Labute approximate surface area is 92.1 Å². The van der Waals surface area contributed by atoms with E-state index in [-0.39, 0.29) is 0 Å². The second-order valence-electron chi connectivity index (χ2n) is 4.71. The quantitative estimate of drug-likeness (QED) is 0.815. The minimum absolute atomic E-state index is 0.511. The van der Waals surface area contributed by atoms with Crippen molar-refractivity contribution in [3.8, 4) is 0 Å². The summed E-state index contributed by atoms with van der Waals surface area (Å²) in [6.45, 7) is 7.64. The molecule has 15 heavy (non-hydrogen) atoms. The number of hydrogen-bond acceptors (Lipinski definition) is 2. The van der Waals surface area contributed by atoms with Gasteiger partial charge in [-0.2, -0.15) is 0 Å². The zero-order chi connectivity index (χ0) is 10.8. The van der Waals surface area contributed by atoms with E-state index in [0.29, 0.717) is 6.04 Å². The van der Waals surface area contributed by atoms with E-state index in [1.807, 2.05) is 12.4 Å². The van der Waals surface area contributed by atoms with Crippen LogP contribution in [0.1, 0.15) is 37.4 Å². The van der Waals surface area contributed by atoms with Gasteiger partial charge < -0.3 is 5.32 Å². The maximum absolute atomic E-state index is 4.28. The first-order valence-electron chi connectivity index (χ1n) is 5.87. The van der Waals surface area contributed by atoms with Crippen LogP contribution in [-0.4, -0.2) is 11.5 Å². The standard InChI is InChI=1S/C13H20N2/c1-4-15-13(12-6-10(12)3)11-5-9(2)7-14-8-11/h5,7-8,10,12-13,15H,4,6H2,1-3H3. The van der Waals surface area contributed by atoms with Crippen LogP contribution >= 0.6 is 0 Å². The fourth-order valence-electron chi connectivity index (χ4n) is 2.30. The highest BCUT2D eigenvalue weighted by Gasteiger charge is 2.39. The van der Waals surface area contributed by atoms with E-state index in [9.17, 15) is 0 Å². The molecule has 2 nitrogen and oxygen atoms in total. The van der Waals surface area contributed by atoms with Gasteiger partial charge >= 0.3 is 0 Å². The minimum Gasteiger partial charge on any atom is -0.310 e. The first kappa shape index (κ1) is 10.6. The Morgan fingerprint density at radius 3 is 2.80 bits per heavy atom. The predicted octanol–water partition coefficient (Wildman–Crippen LogP) is 2.70. The normalized spacial score (nSPS) is 26.3. The lowest BCUT2D eigenvalue weighted by Gasteiger charge is -2.18. The third kappa shape index (κ3) is 2.37. The number of hydrogen-bond donors (Lipinski definition) is 1. The molecule has 0 amide bonds. The van der Waals surface area contributed by atoms with E-state index < -0.39 is 0 Å². The maximum atomic E-state index is 4.28. The van der Waals surface area contributed by atoms with Gasteiger partial charge in [0, 0.05) is 18.4 Å². The third-order valence-corrected chi connectivity index (χ3v) is 3.28. The molecular weight excluding hydrogens is 184 g/mol. The molecule has 2 heteroatoms. The van der Waals surface area contributed by atoms with E-state index in [1.54, 1.807) is 0 Å². The van der Waals surface area contributed by atoms with Gasteiger partial charge in [-0.1, -0.05) is 19.9 Å². The highest BCUT2D eigenvalue weighted by atomic mass is 14.9. The lowest BCUT2D eigenvalue weighted by molar-refractivity contribution is 0.474. The Bertz CT molecular complexity index is 335. The predicted molar refractivity (Wildman–Crippen MR) is 62.7 cm³/mol. The van der Waals surface area contributed by atoms with Crippen molar-refractivity contribution >= 4 is 0 Å². The molecule has 3 atom stereocenters. The van der Waals surface area contributed by atoms with Crippen LogP contribution in [0.15, 0.2) is 18.5 Å². The van der Waals surface area contributed by atoms with Crippen LogP contribution in [0.5, 0.6) is 0 Å². The van der Waals surface area contributed by atoms with Crippen LogP contribution in [0, 0.1) is 18.8 Å². The van der Waals surface area contributed by atoms with Crippen LogP contribution < -0.4 is 5.32 Å². The molecule has 0 aromatic carbocycles. The summed E-state index contributed by atoms with van der Waals surface area (Å²) in [6.07, 6.45) is 5.28. The minimum atomic E-state index is 0.511. The summed E-state index contributed by atoms with van der Waals surface area (Å²) < 4.78 is 0. The molecule has 1 aliphatic carbocycles. The summed E-state index contributed by atoms with van der Waals surface area (Å²) in [5, 5.41) is 3.58. The summed E-state index contributed by atoms with van der Waals surface area (Å²) in [4.78, 5) is 4.28. The Kier molecular flexibility index (Phi) is 3.06. The SMILES string of the molecule is CCNC(c1cncc(C)c1)C1CC1C. The van der Waals surface area contributed by atoms with Crippen molar-refractivity contribution in [2.24, 2.45) is 11.8 Å². The molecule has 1 N–H and O–H groups in total. The molecule has 0 radical (unpaired) electrons. The van der Waals surface area contributed by atoms with E-state index >= 15 is 0 Å². The highest BCUT2D eigenvalue weighted by Crippen LogP contribution is 2.46. The lowest BCUT2D eigenvalue weighted by atomic mass is 10.0. The van der Waals surface area contributed by atoms with Crippen molar-refractivity contribution in [2.45, 2.75) is 33.2 Å². The van der Waals surface area contributed by atoms with E-state index in [0.717, 1.165) is 18.4 Å². The Morgan fingerprint density at radius 1 is 1.53 bits per heavy atom. The van der Waals surface area contributed by atoms with Crippen LogP contribution in [0.2, 0.25) is 0 Å². The first-order valence-corrected chi connectivity index (χ1v) is 5.87. The second-order valence-corrected chi connectivity index (χ2v) is 4.71. The van der Waals surface area contributed by atoms with Crippen molar-refractivity contribution in [1.82, 2.24) is 10.3 Å². The largest absolute Gasteiger partial charge is 0.310 e.